The van der Waals surface area contributed by atoms with E-state index < -0.39 is 0 Å². The smallest absolute Gasteiger partial charge is 0.0757 e. The summed E-state index contributed by atoms with van der Waals surface area (Å²) in [5.41, 5.74) is 7.99. The van der Waals surface area contributed by atoms with Crippen molar-refractivity contribution in [3.8, 4) is 0 Å². The molecule has 1 atom stereocenters. The third kappa shape index (κ3) is 2.81. The molecule has 0 radical (unpaired) electrons. The predicted molar refractivity (Wildman–Crippen MR) is 72.4 cm³/mol. The molecular formula is C14H19N5. The van der Waals surface area contributed by atoms with E-state index in [9.17, 15) is 0 Å². The molecule has 2 N–H and O–H groups in total. The number of nitrogens with zero attached hydrogens (tertiary/aromatic N) is 4. The van der Waals surface area contributed by atoms with E-state index in [0.29, 0.717) is 12.5 Å². The molecule has 5 heteroatoms. The van der Waals surface area contributed by atoms with Gasteiger partial charge in [-0.2, -0.15) is 5.10 Å². The average molecular weight is 257 g/mol. The first-order chi connectivity index (χ1) is 9.33. The minimum absolute atomic E-state index is 0.138. The zero-order chi connectivity index (χ0) is 13.1. The van der Waals surface area contributed by atoms with E-state index in [2.05, 4.69) is 32.0 Å². The molecule has 1 unspecified atom stereocenters. The second kappa shape index (κ2) is 5.48. The molecule has 5 nitrogen and oxygen atoms in total. The number of hydrogen-bond acceptors (Lipinski definition) is 4. The minimum atomic E-state index is -0.138. The molecule has 1 aliphatic carbocycles. The van der Waals surface area contributed by atoms with Crippen LogP contribution in [0.5, 0.6) is 0 Å². The predicted octanol–water partition coefficient (Wildman–Crippen LogP) is 2.03. The van der Waals surface area contributed by atoms with Crippen LogP contribution in [-0.2, 0) is 6.42 Å². The van der Waals surface area contributed by atoms with Crippen LogP contribution in [0.4, 0.5) is 0 Å². The Bertz CT molecular complexity index is 516. The van der Waals surface area contributed by atoms with Crippen LogP contribution >= 0.6 is 0 Å². The summed E-state index contributed by atoms with van der Waals surface area (Å²) in [6.45, 7) is 0. The fraction of sp³-hybridized carbons (Fsp3) is 0.500. The standard InChI is InChI=1S/C14H19N5/c15-13(14-10-16-6-7-17-14)9-11-5-8-19(18-11)12-3-1-2-4-12/h5-8,10,12-13H,1-4,9,15H2. The maximum Gasteiger partial charge on any atom is 0.0757 e. The van der Waals surface area contributed by atoms with Crippen LogP contribution in [0, 0.1) is 0 Å². The van der Waals surface area contributed by atoms with Crippen molar-refractivity contribution in [2.45, 2.75) is 44.2 Å². The fourth-order valence-electron chi connectivity index (χ4n) is 2.69. The molecule has 1 fully saturated rings. The number of rotatable bonds is 4. The Hall–Kier alpha value is -1.75. The highest BCUT2D eigenvalue weighted by Crippen LogP contribution is 2.28. The monoisotopic (exact) mass is 257 g/mol. The molecule has 1 aliphatic rings. The topological polar surface area (TPSA) is 69.6 Å². The van der Waals surface area contributed by atoms with Crippen molar-refractivity contribution in [3.63, 3.8) is 0 Å². The summed E-state index contributed by atoms with van der Waals surface area (Å²) in [6.07, 6.45) is 13.0. The highest BCUT2D eigenvalue weighted by atomic mass is 15.3. The second-order valence-electron chi connectivity index (χ2n) is 5.17. The minimum Gasteiger partial charge on any atom is -0.322 e. The van der Waals surface area contributed by atoms with Gasteiger partial charge in [0.15, 0.2) is 0 Å². The van der Waals surface area contributed by atoms with Gasteiger partial charge < -0.3 is 5.73 Å². The van der Waals surface area contributed by atoms with Crippen LogP contribution < -0.4 is 5.73 Å². The Kier molecular flexibility index (Phi) is 3.55. The lowest BCUT2D eigenvalue weighted by Gasteiger charge is -2.10. The van der Waals surface area contributed by atoms with Crippen molar-refractivity contribution in [2.24, 2.45) is 5.73 Å². The largest absolute Gasteiger partial charge is 0.322 e. The Balaban J connectivity index is 1.66. The van der Waals surface area contributed by atoms with Crippen molar-refractivity contribution < 1.29 is 0 Å². The lowest BCUT2D eigenvalue weighted by Crippen LogP contribution is -2.16. The molecule has 2 heterocycles. The first kappa shape index (κ1) is 12.3. The lowest BCUT2D eigenvalue weighted by molar-refractivity contribution is 0.461. The molecule has 0 saturated heterocycles. The third-order valence-electron chi connectivity index (χ3n) is 3.75. The van der Waals surface area contributed by atoms with E-state index in [1.807, 2.05) is 0 Å². The zero-order valence-electron chi connectivity index (χ0n) is 10.9. The zero-order valence-corrected chi connectivity index (χ0v) is 10.9. The van der Waals surface area contributed by atoms with Gasteiger partial charge in [-0.1, -0.05) is 12.8 Å². The first-order valence-corrected chi connectivity index (χ1v) is 6.88. The van der Waals surface area contributed by atoms with E-state index in [0.717, 1.165) is 11.4 Å². The molecule has 0 bridgehead atoms. The lowest BCUT2D eigenvalue weighted by atomic mass is 10.1. The van der Waals surface area contributed by atoms with E-state index in [1.54, 1.807) is 18.6 Å². The second-order valence-corrected chi connectivity index (χ2v) is 5.17. The van der Waals surface area contributed by atoms with Gasteiger partial charge in [-0.3, -0.25) is 14.6 Å². The van der Waals surface area contributed by atoms with Crippen LogP contribution in [0.2, 0.25) is 0 Å². The van der Waals surface area contributed by atoms with Gasteiger partial charge in [0.05, 0.1) is 23.5 Å². The molecule has 2 aromatic rings. The van der Waals surface area contributed by atoms with Crippen LogP contribution in [0.15, 0.2) is 30.9 Å². The molecule has 3 rings (SSSR count). The molecule has 0 spiro atoms. The van der Waals surface area contributed by atoms with Gasteiger partial charge in [0.1, 0.15) is 0 Å². The fourth-order valence-corrected chi connectivity index (χ4v) is 2.69. The van der Waals surface area contributed by atoms with Gasteiger partial charge in [0.2, 0.25) is 0 Å². The van der Waals surface area contributed by atoms with Crippen molar-refractivity contribution in [3.05, 3.63) is 42.2 Å². The Morgan fingerprint density at radius 3 is 2.89 bits per heavy atom. The molecule has 100 valence electrons. The van der Waals surface area contributed by atoms with Crippen molar-refractivity contribution in [1.29, 1.82) is 0 Å². The quantitative estimate of drug-likeness (QED) is 0.909. The van der Waals surface area contributed by atoms with Gasteiger partial charge in [-0.25, -0.2) is 0 Å². The van der Waals surface area contributed by atoms with Crippen molar-refractivity contribution in [1.82, 2.24) is 19.7 Å². The van der Waals surface area contributed by atoms with Gasteiger partial charge in [0, 0.05) is 31.2 Å². The van der Waals surface area contributed by atoms with Crippen LogP contribution in [-0.4, -0.2) is 19.7 Å². The van der Waals surface area contributed by atoms with E-state index in [1.165, 1.54) is 25.7 Å². The molecule has 2 aromatic heterocycles. The summed E-state index contributed by atoms with van der Waals surface area (Å²) >= 11 is 0. The average Bonchev–Trinajstić information content (AvgIpc) is 3.10. The normalized spacial score (nSPS) is 17.7. The number of nitrogens with two attached hydrogens (primary N) is 1. The molecule has 19 heavy (non-hydrogen) atoms. The van der Waals surface area contributed by atoms with E-state index in [-0.39, 0.29) is 6.04 Å². The maximum atomic E-state index is 6.14. The summed E-state index contributed by atoms with van der Waals surface area (Å²) in [6, 6.07) is 2.51. The van der Waals surface area contributed by atoms with Crippen molar-refractivity contribution >= 4 is 0 Å². The Morgan fingerprint density at radius 1 is 1.32 bits per heavy atom. The molecule has 0 aliphatic heterocycles. The first-order valence-electron chi connectivity index (χ1n) is 6.88. The highest BCUT2D eigenvalue weighted by Gasteiger charge is 2.18. The third-order valence-corrected chi connectivity index (χ3v) is 3.75. The molecular weight excluding hydrogens is 238 g/mol. The Labute approximate surface area is 112 Å². The SMILES string of the molecule is NC(Cc1ccn(C2CCCC2)n1)c1cnccn1. The van der Waals surface area contributed by atoms with E-state index in [4.69, 9.17) is 5.73 Å². The van der Waals surface area contributed by atoms with Crippen molar-refractivity contribution in [2.75, 3.05) is 0 Å². The van der Waals surface area contributed by atoms with Gasteiger partial charge in [-0.05, 0) is 18.9 Å². The molecule has 0 aromatic carbocycles. The van der Waals surface area contributed by atoms with Gasteiger partial charge in [0.25, 0.3) is 0 Å². The highest BCUT2D eigenvalue weighted by molar-refractivity contribution is 5.09. The van der Waals surface area contributed by atoms with E-state index >= 15 is 0 Å². The molecule has 1 saturated carbocycles. The number of hydrogen-bond donors (Lipinski definition) is 1. The summed E-state index contributed by atoms with van der Waals surface area (Å²) in [5, 5.41) is 4.65. The summed E-state index contributed by atoms with van der Waals surface area (Å²) in [4.78, 5) is 8.28. The molecule has 0 amide bonds. The number of aromatic nitrogens is 4. The summed E-state index contributed by atoms with van der Waals surface area (Å²) in [5.74, 6) is 0. The maximum absolute atomic E-state index is 6.14. The van der Waals surface area contributed by atoms with Crippen LogP contribution in [0.3, 0.4) is 0 Å². The van der Waals surface area contributed by atoms with Gasteiger partial charge >= 0.3 is 0 Å². The summed E-state index contributed by atoms with van der Waals surface area (Å²) in [7, 11) is 0. The van der Waals surface area contributed by atoms with Crippen LogP contribution in [0.1, 0.15) is 49.2 Å². The van der Waals surface area contributed by atoms with Gasteiger partial charge in [-0.15, -0.1) is 0 Å². The summed E-state index contributed by atoms with van der Waals surface area (Å²) < 4.78 is 2.10. The van der Waals surface area contributed by atoms with Crippen LogP contribution in [0.25, 0.3) is 0 Å². The Morgan fingerprint density at radius 2 is 2.16 bits per heavy atom.